The zero-order chi connectivity index (χ0) is 49.1. The second-order valence-corrected chi connectivity index (χ2v) is 8.50. The van der Waals surface area contributed by atoms with Crippen LogP contribution >= 0.6 is 0 Å². The fourth-order valence-corrected chi connectivity index (χ4v) is 4.72. The van der Waals surface area contributed by atoms with E-state index in [1.807, 2.05) is 0 Å². The van der Waals surface area contributed by atoms with Crippen LogP contribution in [0, 0.1) is 0 Å². The molecule has 0 N–H and O–H groups in total. The zero-order valence-corrected chi connectivity index (χ0v) is 20.0. The summed E-state index contributed by atoms with van der Waals surface area (Å²) in [6, 6.07) is -24.5. The quantitative estimate of drug-likeness (QED) is 0.198. The molecule has 0 unspecified atom stereocenters. The topological polar surface area (TPSA) is 0 Å². The molecule has 0 bridgehead atoms. The Bertz CT molecular complexity index is 3540. The van der Waals surface area contributed by atoms with Crippen molar-refractivity contribution in [3.05, 3.63) is 157 Å². The highest BCUT2D eigenvalue weighted by atomic mass is 14.2. The summed E-state index contributed by atoms with van der Waals surface area (Å²) in [5, 5.41) is -5.53. The molecule has 0 atom stereocenters. The predicted molar refractivity (Wildman–Crippen MR) is 173 cm³/mol. The van der Waals surface area contributed by atoms with E-state index in [0.717, 1.165) is 0 Å². The van der Waals surface area contributed by atoms with Gasteiger partial charge in [-0.3, -0.25) is 0 Å². The first kappa shape index (κ1) is 8.65. The van der Waals surface area contributed by atoms with Crippen molar-refractivity contribution < 1.29 is 35.6 Å². The summed E-state index contributed by atoms with van der Waals surface area (Å²) in [4.78, 5) is 0. The standard InChI is InChI=1S/C40H26/c1-2-13-28(14-3-1)39-34-18-8-10-20-36(34)40(37-21-11-9-19-35(37)39)38-25-24-31(32-16-6-7-17-33(32)38)30-23-22-27-12-4-5-15-29(27)26-30/h1-26H/i1D,2D,3D,4D,5D,6D,7D,8D,9D,10D,11D,12D,13D,14D,15D,16D,17D,18D,19D,20D,21D,22D,23D,24D,25D,26D. The van der Waals surface area contributed by atoms with Crippen LogP contribution in [-0.4, -0.2) is 0 Å². The van der Waals surface area contributed by atoms with Crippen LogP contribution in [0.2, 0.25) is 0 Å². The molecular weight excluding hydrogens is 480 g/mol. The molecule has 0 aromatic heterocycles. The summed E-state index contributed by atoms with van der Waals surface area (Å²) in [5.74, 6) is 0. The van der Waals surface area contributed by atoms with Gasteiger partial charge in [0.2, 0.25) is 0 Å². The molecule has 0 radical (unpaired) electrons. The lowest BCUT2D eigenvalue weighted by Crippen LogP contribution is -1.92. The van der Waals surface area contributed by atoms with Crippen molar-refractivity contribution in [1.82, 2.24) is 0 Å². The number of hydrogen-bond donors (Lipinski definition) is 0. The van der Waals surface area contributed by atoms with E-state index in [4.69, 9.17) is 23.3 Å². The minimum absolute atomic E-state index is 0.555. The summed E-state index contributed by atoms with van der Waals surface area (Å²) in [5.41, 5.74) is -4.50. The Morgan fingerprint density at radius 2 is 0.775 bits per heavy atom. The lowest BCUT2D eigenvalue weighted by Gasteiger charge is -2.19. The van der Waals surface area contributed by atoms with Gasteiger partial charge in [-0.05, 0) is 82.5 Å². The summed E-state index contributed by atoms with van der Waals surface area (Å²) < 4.78 is 231. The number of rotatable bonds is 3. The minimum atomic E-state index is -1.08. The molecule has 8 aromatic carbocycles. The van der Waals surface area contributed by atoms with Crippen LogP contribution in [-0.2, 0) is 0 Å². The van der Waals surface area contributed by atoms with Gasteiger partial charge >= 0.3 is 0 Å². The Morgan fingerprint density at radius 1 is 0.300 bits per heavy atom. The maximum atomic E-state index is 9.70. The normalized spacial score (nSPS) is 20.6. The van der Waals surface area contributed by atoms with Crippen molar-refractivity contribution in [2.75, 3.05) is 0 Å². The second-order valence-electron chi connectivity index (χ2n) is 8.50. The van der Waals surface area contributed by atoms with E-state index >= 15 is 0 Å². The SMILES string of the molecule is [2H]c1c([2H])c([2H])c(-c2c3c([2H])c([2H])c([2H])c([2H])c3c(-c3c([2H])c([2H])c(-c4c([2H])c([2H])c5c([2H])c([2H])c([2H])c([2H])c5c4[2H])c4c([2H])c([2H])c([2H])c([2H])c34)c3c([2H])c([2H])c([2H])c([2H])c23)c([2H])c1[2H]. The molecule has 0 aliphatic heterocycles. The Labute approximate surface area is 270 Å². The third-order valence-corrected chi connectivity index (χ3v) is 6.38. The van der Waals surface area contributed by atoms with Gasteiger partial charge in [0.25, 0.3) is 0 Å². The summed E-state index contributed by atoms with van der Waals surface area (Å²) in [7, 11) is 0. The maximum absolute atomic E-state index is 9.70. The Hall–Kier alpha value is -5.20. The van der Waals surface area contributed by atoms with Crippen molar-refractivity contribution in [1.29, 1.82) is 0 Å². The van der Waals surface area contributed by atoms with Crippen LogP contribution in [0.25, 0.3) is 76.5 Å². The monoisotopic (exact) mass is 532 g/mol. The fourth-order valence-electron chi connectivity index (χ4n) is 4.72. The molecule has 0 aliphatic carbocycles. The van der Waals surface area contributed by atoms with Crippen molar-refractivity contribution >= 4 is 43.1 Å². The first-order chi connectivity index (χ1) is 30.7. The van der Waals surface area contributed by atoms with Gasteiger partial charge in [-0.25, -0.2) is 0 Å². The average Bonchev–Trinajstić information content (AvgIpc) is 3.28. The number of fused-ring (bicyclic) bond motifs is 4. The van der Waals surface area contributed by atoms with E-state index < -0.39 is 234 Å². The van der Waals surface area contributed by atoms with Crippen LogP contribution in [0.5, 0.6) is 0 Å². The van der Waals surface area contributed by atoms with Crippen LogP contribution in [0.3, 0.4) is 0 Å². The highest BCUT2D eigenvalue weighted by Crippen LogP contribution is 2.46. The van der Waals surface area contributed by atoms with Crippen molar-refractivity contribution in [3.8, 4) is 33.4 Å². The van der Waals surface area contributed by atoms with Gasteiger partial charge in [0.05, 0.1) is 35.6 Å². The molecule has 0 fully saturated rings. The van der Waals surface area contributed by atoms with Gasteiger partial charge in [-0.2, -0.15) is 0 Å². The van der Waals surface area contributed by atoms with Gasteiger partial charge in [0.1, 0.15) is 0 Å². The molecule has 8 aromatic rings. The number of benzene rings is 8. The minimum Gasteiger partial charge on any atom is -0.0622 e. The van der Waals surface area contributed by atoms with E-state index in [9.17, 15) is 12.3 Å². The van der Waals surface area contributed by atoms with Crippen molar-refractivity contribution in [2.45, 2.75) is 0 Å². The lowest BCUT2D eigenvalue weighted by molar-refractivity contribution is 1.65. The first-order valence-electron chi connectivity index (χ1n) is 24.8. The molecule has 0 amide bonds. The number of hydrogen-bond acceptors (Lipinski definition) is 0. The van der Waals surface area contributed by atoms with E-state index in [1.165, 1.54) is 0 Å². The van der Waals surface area contributed by atoms with Crippen molar-refractivity contribution in [3.63, 3.8) is 0 Å². The molecule has 0 spiro atoms. The second kappa shape index (κ2) is 9.22. The molecule has 0 heteroatoms. The molecule has 0 aliphatic rings. The van der Waals surface area contributed by atoms with Crippen molar-refractivity contribution in [2.24, 2.45) is 0 Å². The average molecular weight is 533 g/mol. The highest BCUT2D eigenvalue weighted by molar-refractivity contribution is 6.24. The largest absolute Gasteiger partial charge is 0.0636 e. The molecule has 0 saturated carbocycles. The Kier molecular flexibility index (Phi) is 1.99. The van der Waals surface area contributed by atoms with Gasteiger partial charge in [0.15, 0.2) is 0 Å². The summed E-state index contributed by atoms with van der Waals surface area (Å²) in [6.07, 6.45) is 0. The van der Waals surface area contributed by atoms with Crippen LogP contribution < -0.4 is 0 Å². The zero-order valence-electron chi connectivity index (χ0n) is 46.0. The van der Waals surface area contributed by atoms with Gasteiger partial charge in [-0.1, -0.05) is 151 Å². The third kappa shape index (κ3) is 3.54. The van der Waals surface area contributed by atoms with Crippen LogP contribution in [0.4, 0.5) is 0 Å². The Morgan fingerprint density at radius 3 is 1.43 bits per heavy atom. The van der Waals surface area contributed by atoms with Crippen LogP contribution in [0.1, 0.15) is 35.6 Å². The van der Waals surface area contributed by atoms with Crippen LogP contribution in [0.15, 0.2) is 157 Å². The summed E-state index contributed by atoms with van der Waals surface area (Å²) >= 11 is 0. The molecule has 8 rings (SSSR count). The molecule has 0 nitrogen and oxygen atoms in total. The van der Waals surface area contributed by atoms with E-state index in [-0.39, 0.29) is 0 Å². The summed E-state index contributed by atoms with van der Waals surface area (Å²) in [6.45, 7) is 0. The first-order valence-corrected chi connectivity index (χ1v) is 11.8. The predicted octanol–water partition coefficient (Wildman–Crippen LogP) is 11.3. The molecule has 186 valence electrons. The van der Waals surface area contributed by atoms with Gasteiger partial charge in [0, 0.05) is 0 Å². The smallest absolute Gasteiger partial charge is 0.0622 e. The third-order valence-electron chi connectivity index (χ3n) is 6.38. The van der Waals surface area contributed by atoms with E-state index in [1.54, 1.807) is 0 Å². The molecule has 40 heavy (non-hydrogen) atoms. The van der Waals surface area contributed by atoms with Gasteiger partial charge in [-0.15, -0.1) is 0 Å². The molecule has 0 saturated heterocycles. The van der Waals surface area contributed by atoms with Gasteiger partial charge < -0.3 is 0 Å². The Balaban J connectivity index is 1.77. The fraction of sp³-hybridized carbons (Fsp3) is 0. The maximum Gasteiger partial charge on any atom is 0.0636 e. The molecular formula is C40H26. The van der Waals surface area contributed by atoms with E-state index in [0.29, 0.717) is 0 Å². The molecule has 0 heterocycles. The lowest BCUT2D eigenvalue weighted by atomic mass is 9.84. The van der Waals surface area contributed by atoms with E-state index in [2.05, 4.69) is 0 Å². The highest BCUT2D eigenvalue weighted by Gasteiger charge is 2.18.